The van der Waals surface area contributed by atoms with Gasteiger partial charge >= 0.3 is 0 Å². The minimum atomic E-state index is -0.0611. The van der Waals surface area contributed by atoms with E-state index in [4.69, 9.17) is 0 Å². The molecule has 0 bridgehead atoms. The second-order valence-corrected chi connectivity index (χ2v) is 6.49. The molecule has 1 amide bonds. The molecule has 3 aromatic rings. The number of phenols is 1. The molecular formula is C19H18N2O2S. The number of aromatic nitrogens is 1. The quantitative estimate of drug-likeness (QED) is 0.744. The zero-order valence-electron chi connectivity index (χ0n) is 13.3. The van der Waals surface area contributed by atoms with Gasteiger partial charge in [0.1, 0.15) is 5.75 Å². The largest absolute Gasteiger partial charge is 0.508 e. The van der Waals surface area contributed by atoms with Crippen molar-refractivity contribution in [1.82, 2.24) is 10.3 Å². The van der Waals surface area contributed by atoms with Crippen LogP contribution in [0.5, 0.6) is 5.75 Å². The van der Waals surface area contributed by atoms with E-state index < -0.39 is 0 Å². The summed E-state index contributed by atoms with van der Waals surface area (Å²) in [4.78, 5) is 16.7. The summed E-state index contributed by atoms with van der Waals surface area (Å²) in [5.41, 5.74) is 3.61. The SMILES string of the molecule is Cc1cccc(C(=O)NCCc2nc(-c3ccc(O)cc3)cs2)c1. The topological polar surface area (TPSA) is 62.2 Å². The normalized spacial score (nSPS) is 10.5. The van der Waals surface area contributed by atoms with Crippen molar-refractivity contribution in [2.75, 3.05) is 6.54 Å². The summed E-state index contributed by atoms with van der Waals surface area (Å²) < 4.78 is 0. The fourth-order valence-electron chi connectivity index (χ4n) is 2.36. The Kier molecular flexibility index (Phi) is 4.91. The number of nitrogens with zero attached hydrogens (tertiary/aromatic N) is 1. The minimum Gasteiger partial charge on any atom is -0.508 e. The highest BCUT2D eigenvalue weighted by atomic mass is 32.1. The van der Waals surface area contributed by atoms with E-state index in [0.717, 1.165) is 21.8 Å². The van der Waals surface area contributed by atoms with Crippen LogP contribution in [0.15, 0.2) is 53.9 Å². The van der Waals surface area contributed by atoms with Crippen LogP contribution in [0.3, 0.4) is 0 Å². The predicted molar refractivity (Wildman–Crippen MR) is 96.4 cm³/mol. The highest BCUT2D eigenvalue weighted by Crippen LogP contribution is 2.23. The summed E-state index contributed by atoms with van der Waals surface area (Å²) in [5.74, 6) is 0.182. The van der Waals surface area contributed by atoms with Gasteiger partial charge in [-0.3, -0.25) is 4.79 Å². The molecule has 0 aliphatic rings. The number of carbonyl (C=O) groups is 1. The van der Waals surface area contributed by atoms with Crippen LogP contribution in [0, 0.1) is 6.92 Å². The number of amides is 1. The van der Waals surface area contributed by atoms with Crippen LogP contribution in [-0.2, 0) is 6.42 Å². The fourth-order valence-corrected chi connectivity index (χ4v) is 3.17. The molecule has 0 aliphatic carbocycles. The molecule has 24 heavy (non-hydrogen) atoms. The molecule has 1 aromatic heterocycles. The first-order valence-corrected chi connectivity index (χ1v) is 8.58. The van der Waals surface area contributed by atoms with Crippen LogP contribution in [0.25, 0.3) is 11.3 Å². The molecule has 4 nitrogen and oxygen atoms in total. The maximum Gasteiger partial charge on any atom is 0.251 e. The Labute approximate surface area is 144 Å². The van der Waals surface area contributed by atoms with Gasteiger partial charge in [0, 0.05) is 29.5 Å². The first-order valence-electron chi connectivity index (χ1n) is 7.70. The molecule has 1 heterocycles. The van der Waals surface area contributed by atoms with E-state index in [1.165, 1.54) is 0 Å². The van der Waals surface area contributed by atoms with Crippen LogP contribution in [0.1, 0.15) is 20.9 Å². The second-order valence-electron chi connectivity index (χ2n) is 5.55. The van der Waals surface area contributed by atoms with E-state index in [-0.39, 0.29) is 11.7 Å². The lowest BCUT2D eigenvalue weighted by atomic mass is 10.1. The molecule has 0 unspecified atom stereocenters. The highest BCUT2D eigenvalue weighted by Gasteiger charge is 2.07. The molecule has 5 heteroatoms. The van der Waals surface area contributed by atoms with Gasteiger partial charge in [-0.05, 0) is 43.3 Å². The van der Waals surface area contributed by atoms with Crippen LogP contribution in [-0.4, -0.2) is 22.5 Å². The third kappa shape index (κ3) is 4.00. The first kappa shape index (κ1) is 16.2. The van der Waals surface area contributed by atoms with Crippen molar-refractivity contribution in [2.45, 2.75) is 13.3 Å². The lowest BCUT2D eigenvalue weighted by Crippen LogP contribution is -2.25. The number of benzene rings is 2. The minimum absolute atomic E-state index is 0.0611. The Hall–Kier alpha value is -2.66. The third-order valence-electron chi connectivity index (χ3n) is 3.62. The van der Waals surface area contributed by atoms with Crippen LogP contribution < -0.4 is 5.32 Å². The fraction of sp³-hybridized carbons (Fsp3) is 0.158. The Bertz CT molecular complexity index is 841. The van der Waals surface area contributed by atoms with Crippen LogP contribution in [0.2, 0.25) is 0 Å². The van der Waals surface area contributed by atoms with Gasteiger partial charge in [-0.1, -0.05) is 17.7 Å². The zero-order valence-corrected chi connectivity index (χ0v) is 14.1. The van der Waals surface area contributed by atoms with Crippen molar-refractivity contribution in [3.63, 3.8) is 0 Å². The molecule has 0 saturated heterocycles. The Balaban J connectivity index is 1.56. The van der Waals surface area contributed by atoms with E-state index in [1.54, 1.807) is 23.5 Å². The number of carbonyl (C=O) groups excluding carboxylic acids is 1. The van der Waals surface area contributed by atoms with Gasteiger partial charge in [0.2, 0.25) is 0 Å². The summed E-state index contributed by atoms with van der Waals surface area (Å²) in [7, 11) is 0. The van der Waals surface area contributed by atoms with Gasteiger partial charge < -0.3 is 10.4 Å². The molecule has 2 N–H and O–H groups in total. The highest BCUT2D eigenvalue weighted by molar-refractivity contribution is 7.09. The lowest BCUT2D eigenvalue weighted by molar-refractivity contribution is 0.0954. The van der Waals surface area contributed by atoms with Crippen molar-refractivity contribution < 1.29 is 9.90 Å². The molecule has 2 aromatic carbocycles. The molecular weight excluding hydrogens is 320 g/mol. The zero-order chi connectivity index (χ0) is 16.9. The monoisotopic (exact) mass is 338 g/mol. The Morgan fingerprint density at radius 3 is 2.75 bits per heavy atom. The van der Waals surface area contributed by atoms with Gasteiger partial charge in [-0.15, -0.1) is 11.3 Å². The number of hydrogen-bond acceptors (Lipinski definition) is 4. The van der Waals surface area contributed by atoms with Crippen molar-refractivity contribution in [2.24, 2.45) is 0 Å². The summed E-state index contributed by atoms with van der Waals surface area (Å²) >= 11 is 1.57. The Morgan fingerprint density at radius 1 is 1.21 bits per heavy atom. The van der Waals surface area contributed by atoms with Crippen LogP contribution >= 0.6 is 11.3 Å². The number of hydrogen-bond donors (Lipinski definition) is 2. The lowest BCUT2D eigenvalue weighted by Gasteiger charge is -2.04. The van der Waals surface area contributed by atoms with Crippen molar-refractivity contribution >= 4 is 17.2 Å². The maximum atomic E-state index is 12.1. The number of nitrogens with one attached hydrogen (secondary N) is 1. The Morgan fingerprint density at radius 2 is 2.00 bits per heavy atom. The van der Waals surface area contributed by atoms with Gasteiger partial charge in [-0.25, -0.2) is 4.98 Å². The summed E-state index contributed by atoms with van der Waals surface area (Å²) in [5, 5.41) is 15.2. The standard InChI is InChI=1S/C19H18N2O2S/c1-13-3-2-4-15(11-13)19(23)20-10-9-18-21-17(12-24-18)14-5-7-16(22)8-6-14/h2-8,11-12,22H,9-10H2,1H3,(H,20,23). The third-order valence-corrected chi connectivity index (χ3v) is 4.53. The van der Waals surface area contributed by atoms with Gasteiger partial charge in [0.15, 0.2) is 0 Å². The molecule has 0 spiro atoms. The van der Waals surface area contributed by atoms with E-state index in [2.05, 4.69) is 10.3 Å². The number of thiazole rings is 1. The summed E-state index contributed by atoms with van der Waals surface area (Å²) in [6, 6.07) is 14.5. The smallest absolute Gasteiger partial charge is 0.251 e. The average molecular weight is 338 g/mol. The molecule has 0 aliphatic heterocycles. The number of aryl methyl sites for hydroxylation is 1. The van der Waals surface area contributed by atoms with Gasteiger partial charge in [-0.2, -0.15) is 0 Å². The molecule has 0 radical (unpaired) electrons. The van der Waals surface area contributed by atoms with Gasteiger partial charge in [0.05, 0.1) is 10.7 Å². The number of aromatic hydroxyl groups is 1. The van der Waals surface area contributed by atoms with Crippen molar-refractivity contribution in [1.29, 1.82) is 0 Å². The van der Waals surface area contributed by atoms with Crippen molar-refractivity contribution in [3.8, 4) is 17.0 Å². The average Bonchev–Trinajstić information content (AvgIpc) is 3.04. The van der Waals surface area contributed by atoms with E-state index in [0.29, 0.717) is 18.5 Å². The van der Waals surface area contributed by atoms with E-state index in [1.807, 2.05) is 48.7 Å². The molecule has 0 atom stereocenters. The van der Waals surface area contributed by atoms with Crippen LogP contribution in [0.4, 0.5) is 0 Å². The molecule has 0 fully saturated rings. The molecule has 122 valence electrons. The summed E-state index contributed by atoms with van der Waals surface area (Å²) in [6.07, 6.45) is 0.695. The van der Waals surface area contributed by atoms with Crippen molar-refractivity contribution in [3.05, 3.63) is 70.0 Å². The van der Waals surface area contributed by atoms with E-state index in [9.17, 15) is 9.90 Å². The molecule has 3 rings (SSSR count). The second kappa shape index (κ2) is 7.27. The molecule has 0 saturated carbocycles. The predicted octanol–water partition coefficient (Wildman–Crippen LogP) is 3.80. The number of rotatable bonds is 5. The maximum absolute atomic E-state index is 12.1. The number of phenolic OH excluding ortho intramolecular Hbond substituents is 1. The first-order chi connectivity index (χ1) is 11.6. The van der Waals surface area contributed by atoms with Gasteiger partial charge in [0.25, 0.3) is 5.91 Å². The van der Waals surface area contributed by atoms with E-state index >= 15 is 0 Å². The summed E-state index contributed by atoms with van der Waals surface area (Å²) in [6.45, 7) is 2.52.